The molecule has 1 aliphatic rings. The predicted molar refractivity (Wildman–Crippen MR) is 163 cm³/mol. The van der Waals surface area contributed by atoms with Gasteiger partial charge in [-0.3, -0.25) is 4.98 Å². The average Bonchev–Trinajstić information content (AvgIpc) is 3.36. The summed E-state index contributed by atoms with van der Waals surface area (Å²) in [7, 11) is 0. The van der Waals surface area contributed by atoms with E-state index in [4.69, 9.17) is 14.8 Å². The van der Waals surface area contributed by atoms with E-state index >= 15 is 0 Å². The average molecular weight is 726 g/mol. The molecule has 0 saturated heterocycles. The Labute approximate surface area is 257 Å². The fourth-order valence-electron chi connectivity index (χ4n) is 4.90. The van der Waals surface area contributed by atoms with E-state index in [-0.39, 0.29) is 25.8 Å². The van der Waals surface area contributed by atoms with E-state index in [1.807, 2.05) is 42.5 Å². The molecule has 207 valence electrons. The summed E-state index contributed by atoms with van der Waals surface area (Å²) < 4.78 is 5.53. The van der Waals surface area contributed by atoms with Gasteiger partial charge in [0.25, 0.3) is 0 Å². The molecule has 0 aliphatic heterocycles. The van der Waals surface area contributed by atoms with Gasteiger partial charge < -0.3 is 9.84 Å². The van der Waals surface area contributed by atoms with Crippen molar-refractivity contribution in [3.05, 3.63) is 145 Å². The van der Waals surface area contributed by atoms with Crippen LogP contribution in [0.4, 0.5) is 0 Å². The van der Waals surface area contributed by atoms with Crippen molar-refractivity contribution in [2.24, 2.45) is 0 Å². The summed E-state index contributed by atoms with van der Waals surface area (Å²) >= 11 is 0. The van der Waals surface area contributed by atoms with Crippen molar-refractivity contribution in [3.8, 4) is 39.3 Å². The Balaban J connectivity index is 0.000000166. The molecule has 0 amide bonds. The van der Waals surface area contributed by atoms with Crippen LogP contribution in [0.15, 0.2) is 122 Å². The van der Waals surface area contributed by atoms with E-state index in [0.717, 1.165) is 27.9 Å². The van der Waals surface area contributed by atoms with E-state index in [0.29, 0.717) is 12.4 Å². The molecule has 42 heavy (non-hydrogen) atoms. The minimum Gasteiger partial charge on any atom is -0.489 e. The van der Waals surface area contributed by atoms with Crippen LogP contribution >= 0.6 is 0 Å². The first kappa shape index (κ1) is 28.6. The van der Waals surface area contributed by atoms with E-state index < -0.39 is 5.97 Å². The number of carboxylic acid groups (broad SMARTS) is 1. The normalized spacial score (nSPS) is 10.6. The molecule has 2 heterocycles. The van der Waals surface area contributed by atoms with Gasteiger partial charge >= 0.3 is 5.97 Å². The number of hydrogen-bond donors (Lipinski definition) is 1. The van der Waals surface area contributed by atoms with Crippen molar-refractivity contribution in [1.82, 2.24) is 9.97 Å². The standard InChI is InChI=1S/C21H12N.C15H13NO3.Ir/c1-2-7-14(8-3-1)20-13-18-16-10-5-4-9-15(16)17-11-6-12-19(22-20)21(17)18;1-2-11-3-5-12(6-4-11)10-19-13-7-8-16-14(9-13)15(17)18;/h1-7,9-13H;2-9H,1,10H2,(H,17,18);/q-1;;. The number of nitrogens with zero attached hydrogens (tertiary/aromatic N) is 2. The summed E-state index contributed by atoms with van der Waals surface area (Å²) in [5.74, 6) is -0.582. The van der Waals surface area contributed by atoms with Crippen LogP contribution in [-0.4, -0.2) is 21.0 Å². The maximum Gasteiger partial charge on any atom is 0.354 e. The Hall–Kier alpha value is -4.90. The van der Waals surface area contributed by atoms with Gasteiger partial charge in [0.05, 0.1) is 5.52 Å². The van der Waals surface area contributed by atoms with Gasteiger partial charge in [0.15, 0.2) is 5.69 Å². The molecule has 1 aliphatic carbocycles. The number of fused-ring (bicyclic) bond motifs is 3. The number of hydrogen-bond acceptors (Lipinski definition) is 4. The van der Waals surface area contributed by atoms with E-state index in [9.17, 15) is 4.79 Å². The number of pyridine rings is 2. The molecule has 6 aromatic rings. The van der Waals surface area contributed by atoms with Crippen molar-refractivity contribution in [3.63, 3.8) is 0 Å². The summed E-state index contributed by atoms with van der Waals surface area (Å²) in [6.45, 7) is 4.06. The number of carboxylic acids is 1. The third-order valence-corrected chi connectivity index (χ3v) is 6.90. The third-order valence-electron chi connectivity index (χ3n) is 6.90. The Bertz CT molecular complexity index is 1890. The van der Waals surface area contributed by atoms with Gasteiger partial charge in [-0.1, -0.05) is 79.4 Å². The SMILES string of the molecule is C=Cc1ccc(COc2ccnc(C(=O)O)c2)cc1.[Ir].[c-]1ccccc1-c1cc2c3c(cccc3n1)-c1ccccc1-2. The molecule has 0 atom stereocenters. The number of carbonyl (C=O) groups is 1. The van der Waals surface area contributed by atoms with Gasteiger partial charge in [0.1, 0.15) is 12.4 Å². The van der Waals surface area contributed by atoms with Gasteiger partial charge in [-0.25, -0.2) is 9.78 Å². The number of benzene rings is 4. The van der Waals surface area contributed by atoms with Gasteiger partial charge in [0.2, 0.25) is 0 Å². The molecule has 0 saturated carbocycles. The first-order valence-electron chi connectivity index (χ1n) is 13.1. The monoisotopic (exact) mass is 726 g/mol. The quantitative estimate of drug-likeness (QED) is 0.175. The minimum absolute atomic E-state index is 0. The summed E-state index contributed by atoms with van der Waals surface area (Å²) in [4.78, 5) is 19.4. The van der Waals surface area contributed by atoms with Crippen LogP contribution in [0, 0.1) is 6.07 Å². The van der Waals surface area contributed by atoms with Crippen LogP contribution in [0.5, 0.6) is 5.75 Å². The Morgan fingerprint density at radius 2 is 1.60 bits per heavy atom. The second-order valence-corrected chi connectivity index (χ2v) is 9.49. The van der Waals surface area contributed by atoms with Gasteiger partial charge in [-0.15, -0.1) is 35.9 Å². The third kappa shape index (κ3) is 5.91. The molecule has 5 nitrogen and oxygen atoms in total. The molecule has 0 spiro atoms. The maximum absolute atomic E-state index is 10.8. The van der Waals surface area contributed by atoms with Crippen LogP contribution < -0.4 is 4.74 Å². The van der Waals surface area contributed by atoms with Crippen LogP contribution in [0.1, 0.15) is 21.6 Å². The zero-order valence-electron chi connectivity index (χ0n) is 22.5. The van der Waals surface area contributed by atoms with Crippen molar-refractivity contribution < 1.29 is 34.7 Å². The van der Waals surface area contributed by atoms with Gasteiger partial charge in [0, 0.05) is 37.8 Å². The zero-order valence-corrected chi connectivity index (χ0v) is 24.8. The zero-order chi connectivity index (χ0) is 28.2. The second-order valence-electron chi connectivity index (χ2n) is 9.49. The Morgan fingerprint density at radius 3 is 2.31 bits per heavy atom. The molecule has 2 aromatic heterocycles. The van der Waals surface area contributed by atoms with Crippen LogP contribution in [0.25, 0.3) is 50.5 Å². The Morgan fingerprint density at radius 1 is 0.857 bits per heavy atom. The van der Waals surface area contributed by atoms with Crippen LogP contribution in [0.3, 0.4) is 0 Å². The second kappa shape index (κ2) is 12.7. The molecule has 0 bridgehead atoms. The first-order chi connectivity index (χ1) is 20.1. The predicted octanol–water partition coefficient (Wildman–Crippen LogP) is 8.35. The molecule has 0 fully saturated rings. The van der Waals surface area contributed by atoms with Crippen LogP contribution in [0.2, 0.25) is 0 Å². The van der Waals surface area contributed by atoms with Crippen molar-refractivity contribution in [2.45, 2.75) is 6.61 Å². The number of aromatic nitrogens is 2. The van der Waals surface area contributed by atoms with Crippen molar-refractivity contribution in [1.29, 1.82) is 0 Å². The molecule has 4 aromatic carbocycles. The van der Waals surface area contributed by atoms with E-state index in [1.165, 1.54) is 39.9 Å². The van der Waals surface area contributed by atoms with E-state index in [2.05, 4.69) is 72.2 Å². The summed E-state index contributed by atoms with van der Waals surface area (Å²) in [5, 5.41) is 10.1. The number of ether oxygens (including phenoxy) is 1. The summed E-state index contributed by atoms with van der Waals surface area (Å²) in [5.41, 5.74) is 10.3. The topological polar surface area (TPSA) is 72.3 Å². The van der Waals surface area contributed by atoms with Gasteiger partial charge in [-0.2, -0.15) is 0 Å². The summed E-state index contributed by atoms with van der Waals surface area (Å²) in [6, 6.07) is 39.3. The molecule has 0 unspecified atom stereocenters. The van der Waals surface area contributed by atoms with Gasteiger partial charge in [-0.05, 0) is 51.2 Å². The molecule has 1 radical (unpaired) electrons. The molecule has 7 rings (SSSR count). The fourth-order valence-corrected chi connectivity index (χ4v) is 4.90. The Kier molecular flexibility index (Phi) is 8.68. The number of aromatic carboxylic acids is 1. The van der Waals surface area contributed by atoms with Crippen LogP contribution in [-0.2, 0) is 26.7 Å². The van der Waals surface area contributed by atoms with E-state index in [1.54, 1.807) is 12.1 Å². The largest absolute Gasteiger partial charge is 0.489 e. The minimum atomic E-state index is -1.07. The molecule has 6 heteroatoms. The fraction of sp³-hybridized carbons (Fsp3) is 0.0278. The molecular weight excluding hydrogens is 701 g/mol. The van der Waals surface area contributed by atoms with Crippen molar-refractivity contribution >= 4 is 22.9 Å². The smallest absolute Gasteiger partial charge is 0.354 e. The number of rotatable bonds is 6. The first-order valence-corrected chi connectivity index (χ1v) is 13.1. The molecular formula is C36H25IrN2O3-. The van der Waals surface area contributed by atoms with Crippen molar-refractivity contribution in [2.75, 3.05) is 0 Å². The maximum atomic E-state index is 10.8. The summed E-state index contributed by atoms with van der Waals surface area (Å²) in [6.07, 6.45) is 3.19. The molecule has 1 N–H and O–H groups in total.